The quantitative estimate of drug-likeness (QED) is 0.891. The SMILES string of the molecule is Cc1nn2c(NC(=O)C3CCCN(C4CCCCC4)C3)csc2nc1=O. The Balaban J connectivity index is 1.46. The minimum absolute atomic E-state index is 0.00839. The summed E-state index contributed by atoms with van der Waals surface area (Å²) in [5, 5.41) is 9.06. The molecular formula is C18H25N5O2S. The smallest absolute Gasteiger partial charge is 0.295 e. The van der Waals surface area contributed by atoms with Gasteiger partial charge < -0.3 is 5.32 Å². The molecule has 1 N–H and O–H groups in total. The summed E-state index contributed by atoms with van der Waals surface area (Å²) < 4.78 is 1.56. The Morgan fingerprint density at radius 3 is 2.85 bits per heavy atom. The van der Waals surface area contributed by atoms with E-state index in [4.69, 9.17) is 0 Å². The fraction of sp³-hybridized carbons (Fsp3) is 0.667. The van der Waals surface area contributed by atoms with Crippen LogP contribution >= 0.6 is 11.3 Å². The number of piperidine rings is 1. The Morgan fingerprint density at radius 2 is 2.04 bits per heavy atom. The monoisotopic (exact) mass is 375 g/mol. The lowest BCUT2D eigenvalue weighted by Crippen LogP contribution is -2.46. The van der Waals surface area contributed by atoms with Gasteiger partial charge in [-0.15, -0.1) is 11.3 Å². The molecule has 2 aromatic rings. The highest BCUT2D eigenvalue weighted by molar-refractivity contribution is 7.15. The second kappa shape index (κ2) is 7.44. The molecule has 2 fully saturated rings. The number of amides is 1. The first-order valence-electron chi connectivity index (χ1n) is 9.52. The van der Waals surface area contributed by atoms with Crippen LogP contribution in [0.15, 0.2) is 10.2 Å². The molecule has 0 bridgehead atoms. The molecule has 140 valence electrons. The number of thiazole rings is 1. The van der Waals surface area contributed by atoms with E-state index in [2.05, 4.69) is 20.3 Å². The van der Waals surface area contributed by atoms with Crippen molar-refractivity contribution >= 4 is 28.0 Å². The van der Waals surface area contributed by atoms with Crippen molar-refractivity contribution in [3.63, 3.8) is 0 Å². The minimum Gasteiger partial charge on any atom is -0.310 e. The van der Waals surface area contributed by atoms with Gasteiger partial charge in [0.1, 0.15) is 11.5 Å². The summed E-state index contributed by atoms with van der Waals surface area (Å²) in [6.45, 7) is 3.59. The topological polar surface area (TPSA) is 79.6 Å². The zero-order valence-electron chi connectivity index (χ0n) is 15.1. The standard InChI is InChI=1S/C18H25N5O2S/c1-12-16(24)20-18-23(21-12)15(11-26-18)19-17(25)13-6-5-9-22(10-13)14-7-3-2-4-8-14/h11,13-14H,2-10H2,1H3,(H,19,25). The van der Waals surface area contributed by atoms with Gasteiger partial charge in [0.05, 0.1) is 5.92 Å². The summed E-state index contributed by atoms with van der Waals surface area (Å²) in [6, 6.07) is 0.652. The maximum atomic E-state index is 12.8. The summed E-state index contributed by atoms with van der Waals surface area (Å²) in [5.74, 6) is 0.651. The lowest BCUT2D eigenvalue weighted by Gasteiger charge is -2.39. The van der Waals surface area contributed by atoms with Crippen LogP contribution in [0.4, 0.5) is 5.82 Å². The third-order valence-corrected chi connectivity index (χ3v) is 6.42. The number of nitrogens with zero attached hydrogens (tertiary/aromatic N) is 4. The lowest BCUT2D eigenvalue weighted by atomic mass is 9.90. The summed E-state index contributed by atoms with van der Waals surface area (Å²) in [7, 11) is 0. The Kier molecular flexibility index (Phi) is 5.04. The highest BCUT2D eigenvalue weighted by Gasteiger charge is 2.30. The van der Waals surface area contributed by atoms with Gasteiger partial charge in [-0.3, -0.25) is 14.5 Å². The van der Waals surface area contributed by atoms with Crippen LogP contribution in [0.1, 0.15) is 50.6 Å². The van der Waals surface area contributed by atoms with E-state index in [-0.39, 0.29) is 17.4 Å². The zero-order chi connectivity index (χ0) is 18.1. The fourth-order valence-electron chi connectivity index (χ4n) is 4.15. The van der Waals surface area contributed by atoms with E-state index in [0.29, 0.717) is 22.5 Å². The molecule has 8 heteroatoms. The number of hydrogen-bond donors (Lipinski definition) is 1. The van der Waals surface area contributed by atoms with Crippen LogP contribution in [-0.2, 0) is 4.79 Å². The molecule has 1 unspecified atom stereocenters. The van der Waals surface area contributed by atoms with Crippen LogP contribution in [-0.4, -0.2) is 44.5 Å². The van der Waals surface area contributed by atoms with E-state index in [1.54, 1.807) is 16.8 Å². The molecule has 0 radical (unpaired) electrons. The highest BCUT2D eigenvalue weighted by atomic mass is 32.1. The number of carbonyl (C=O) groups excluding carboxylic acids is 1. The van der Waals surface area contributed by atoms with Gasteiger partial charge in [-0.1, -0.05) is 19.3 Å². The normalized spacial score (nSPS) is 22.6. The minimum atomic E-state index is -0.319. The van der Waals surface area contributed by atoms with Crippen LogP contribution in [0, 0.1) is 12.8 Å². The molecule has 0 spiro atoms. The molecule has 4 rings (SSSR count). The maximum Gasteiger partial charge on any atom is 0.295 e. The van der Waals surface area contributed by atoms with E-state index in [1.807, 2.05) is 0 Å². The van der Waals surface area contributed by atoms with Crippen molar-refractivity contribution in [1.82, 2.24) is 19.5 Å². The van der Waals surface area contributed by atoms with Gasteiger partial charge in [0.15, 0.2) is 0 Å². The molecule has 7 nitrogen and oxygen atoms in total. The molecule has 3 heterocycles. The number of nitrogens with one attached hydrogen (secondary N) is 1. The molecule has 1 saturated carbocycles. The van der Waals surface area contributed by atoms with E-state index in [1.165, 1.54) is 43.4 Å². The summed E-state index contributed by atoms with van der Waals surface area (Å²) in [4.78, 5) is 31.5. The third kappa shape index (κ3) is 3.53. The second-order valence-electron chi connectivity index (χ2n) is 7.43. The van der Waals surface area contributed by atoms with E-state index < -0.39 is 0 Å². The number of aromatic nitrogens is 3. The lowest BCUT2D eigenvalue weighted by molar-refractivity contribution is -0.122. The van der Waals surface area contributed by atoms with Crippen LogP contribution in [0.3, 0.4) is 0 Å². The first-order valence-corrected chi connectivity index (χ1v) is 10.4. The van der Waals surface area contributed by atoms with Gasteiger partial charge in [-0.05, 0) is 39.2 Å². The van der Waals surface area contributed by atoms with Crippen molar-refractivity contribution in [2.75, 3.05) is 18.4 Å². The van der Waals surface area contributed by atoms with E-state index >= 15 is 0 Å². The number of rotatable bonds is 3. The number of aryl methyl sites for hydroxylation is 1. The van der Waals surface area contributed by atoms with Gasteiger partial charge in [-0.2, -0.15) is 14.6 Å². The van der Waals surface area contributed by atoms with Gasteiger partial charge >= 0.3 is 0 Å². The Morgan fingerprint density at radius 1 is 1.23 bits per heavy atom. The average Bonchev–Trinajstić information content (AvgIpc) is 3.04. The predicted molar refractivity (Wildman–Crippen MR) is 102 cm³/mol. The highest BCUT2D eigenvalue weighted by Crippen LogP contribution is 2.28. The van der Waals surface area contributed by atoms with Crippen LogP contribution in [0.25, 0.3) is 4.96 Å². The number of anilines is 1. The molecule has 1 amide bonds. The van der Waals surface area contributed by atoms with Crippen LogP contribution in [0.5, 0.6) is 0 Å². The van der Waals surface area contributed by atoms with Gasteiger partial charge in [0.25, 0.3) is 5.56 Å². The number of fused-ring (bicyclic) bond motifs is 1. The van der Waals surface area contributed by atoms with Gasteiger partial charge in [0, 0.05) is 18.0 Å². The van der Waals surface area contributed by atoms with Crippen LogP contribution < -0.4 is 10.9 Å². The predicted octanol–water partition coefficient (Wildman–Crippen LogP) is 2.44. The van der Waals surface area contributed by atoms with Crippen molar-refractivity contribution in [2.45, 2.75) is 57.9 Å². The average molecular weight is 375 g/mol. The van der Waals surface area contributed by atoms with E-state index in [9.17, 15) is 9.59 Å². The number of likely N-dealkylation sites (tertiary alicyclic amines) is 1. The second-order valence-corrected chi connectivity index (χ2v) is 8.27. The summed E-state index contributed by atoms with van der Waals surface area (Å²) >= 11 is 1.31. The maximum absolute atomic E-state index is 12.8. The van der Waals surface area contributed by atoms with Gasteiger partial charge in [-0.25, -0.2) is 0 Å². The molecule has 1 aliphatic carbocycles. The number of carbonyl (C=O) groups is 1. The molecule has 0 aromatic carbocycles. The van der Waals surface area contributed by atoms with Crippen LogP contribution in [0.2, 0.25) is 0 Å². The summed E-state index contributed by atoms with van der Waals surface area (Å²) in [6.07, 6.45) is 8.52. The third-order valence-electron chi connectivity index (χ3n) is 5.61. The Labute approximate surface area is 156 Å². The van der Waals surface area contributed by atoms with Crippen molar-refractivity contribution in [3.05, 3.63) is 21.4 Å². The van der Waals surface area contributed by atoms with Crippen molar-refractivity contribution in [3.8, 4) is 0 Å². The first-order chi connectivity index (χ1) is 12.6. The van der Waals surface area contributed by atoms with Gasteiger partial charge in [0.2, 0.25) is 10.9 Å². The van der Waals surface area contributed by atoms with Crippen molar-refractivity contribution in [2.24, 2.45) is 5.92 Å². The van der Waals surface area contributed by atoms with E-state index in [0.717, 1.165) is 25.9 Å². The number of hydrogen-bond acceptors (Lipinski definition) is 6. The molecule has 1 saturated heterocycles. The van der Waals surface area contributed by atoms with Crippen molar-refractivity contribution < 1.29 is 4.79 Å². The Bertz CT molecular complexity index is 855. The molecule has 2 aromatic heterocycles. The van der Waals surface area contributed by atoms with Crippen molar-refractivity contribution in [1.29, 1.82) is 0 Å². The fourth-order valence-corrected chi connectivity index (χ4v) is 4.90. The largest absolute Gasteiger partial charge is 0.310 e. The molecule has 2 aliphatic rings. The Hall–Kier alpha value is -1.80. The zero-order valence-corrected chi connectivity index (χ0v) is 15.9. The molecule has 1 aliphatic heterocycles. The summed E-state index contributed by atoms with van der Waals surface area (Å²) in [5.41, 5.74) is 0.0117. The molecule has 26 heavy (non-hydrogen) atoms. The first kappa shape index (κ1) is 17.6. The molecular weight excluding hydrogens is 350 g/mol. The molecule has 1 atom stereocenters.